The predicted octanol–water partition coefficient (Wildman–Crippen LogP) is -0.350. The summed E-state index contributed by atoms with van der Waals surface area (Å²) < 4.78 is 31.5. The van der Waals surface area contributed by atoms with Crippen molar-refractivity contribution >= 4 is 17.6 Å². The Bertz CT molecular complexity index is 471. The fourth-order valence-corrected chi connectivity index (χ4v) is 1.77. The van der Waals surface area contributed by atoms with Crippen LogP contribution in [0.2, 0.25) is 0 Å². The number of hydrogen-bond acceptors (Lipinski definition) is 3. The maximum atomic E-state index is 11.7. The third-order valence-electron chi connectivity index (χ3n) is 2.78. The van der Waals surface area contributed by atoms with Crippen molar-refractivity contribution in [2.75, 3.05) is 11.9 Å². The molecule has 1 heterocycles. The van der Waals surface area contributed by atoms with Gasteiger partial charge in [-0.15, -0.1) is 0 Å². The molecule has 1 aromatic carbocycles. The van der Waals surface area contributed by atoms with E-state index in [-0.39, 0.29) is 11.9 Å². The second-order valence-electron chi connectivity index (χ2n) is 4.41. The van der Waals surface area contributed by atoms with Gasteiger partial charge in [-0.05, 0) is 12.1 Å². The lowest BCUT2D eigenvalue weighted by atomic mass is 10.2. The molecule has 1 aromatic rings. The summed E-state index contributed by atoms with van der Waals surface area (Å²) in [6.07, 6.45) is -3.05. The van der Waals surface area contributed by atoms with Crippen LogP contribution >= 0.6 is 0 Å². The number of aliphatic carboxylic acids is 1. The molecule has 0 radical (unpaired) electrons. The minimum atomic E-state index is -5.19. The predicted molar refractivity (Wildman–Crippen MR) is 65.9 cm³/mol. The van der Waals surface area contributed by atoms with Crippen LogP contribution in [0.15, 0.2) is 30.3 Å². The van der Waals surface area contributed by atoms with Crippen molar-refractivity contribution in [2.45, 2.75) is 25.1 Å². The molecule has 8 heteroatoms. The molecule has 1 aliphatic rings. The molecule has 1 amide bonds. The van der Waals surface area contributed by atoms with Crippen molar-refractivity contribution in [1.82, 2.24) is 0 Å². The Hall–Kier alpha value is -2.09. The summed E-state index contributed by atoms with van der Waals surface area (Å²) in [6, 6.07) is 9.73. The standard InChI is InChI=1S/C11H14N2O.C2HF3O2/c14-11(10-7-4-8-12-10)13-9-5-2-1-3-6-9;3-2(4,5)1(6)7/h1-3,5-6,10,12H,4,7-8H2,(H,13,14);(H,6,7). The number of nitrogens with one attached hydrogen (secondary N) is 1. The summed E-state index contributed by atoms with van der Waals surface area (Å²) in [7, 11) is 0. The van der Waals surface area contributed by atoms with Crippen LogP contribution in [-0.2, 0) is 9.59 Å². The van der Waals surface area contributed by atoms with Crippen LogP contribution in [-0.4, -0.2) is 30.6 Å². The Labute approximate surface area is 119 Å². The number of amides is 1. The normalized spacial score (nSPS) is 17.6. The number of halogens is 3. The van der Waals surface area contributed by atoms with Crippen molar-refractivity contribution in [3.8, 4) is 0 Å². The lowest BCUT2D eigenvalue weighted by Crippen LogP contribution is -2.88. The first-order valence-corrected chi connectivity index (χ1v) is 6.28. The maximum absolute atomic E-state index is 11.7. The van der Waals surface area contributed by atoms with Crippen molar-refractivity contribution in [3.05, 3.63) is 30.3 Å². The molecule has 21 heavy (non-hydrogen) atoms. The van der Waals surface area contributed by atoms with E-state index in [0.29, 0.717) is 0 Å². The first-order chi connectivity index (χ1) is 9.80. The Morgan fingerprint density at radius 2 is 1.81 bits per heavy atom. The molecule has 0 saturated carbocycles. The Kier molecular flexibility index (Phi) is 6.16. The van der Waals surface area contributed by atoms with Gasteiger partial charge in [0.2, 0.25) is 0 Å². The van der Waals surface area contributed by atoms with Crippen LogP contribution in [0.3, 0.4) is 0 Å². The number of carboxylic acid groups (broad SMARTS) is 1. The smallest absolute Gasteiger partial charge is 0.430 e. The van der Waals surface area contributed by atoms with Crippen LogP contribution in [0.5, 0.6) is 0 Å². The number of hydrogen-bond donors (Lipinski definition) is 2. The Morgan fingerprint density at radius 3 is 2.24 bits per heavy atom. The zero-order valence-electron chi connectivity index (χ0n) is 11.0. The summed E-state index contributed by atoms with van der Waals surface area (Å²) in [5, 5.41) is 13.8. The van der Waals surface area contributed by atoms with E-state index in [1.807, 2.05) is 30.3 Å². The van der Waals surface area contributed by atoms with Crippen LogP contribution in [0.4, 0.5) is 18.9 Å². The van der Waals surface area contributed by atoms with Gasteiger partial charge in [-0.2, -0.15) is 13.2 Å². The highest BCUT2D eigenvalue weighted by molar-refractivity contribution is 5.93. The van der Waals surface area contributed by atoms with Crippen molar-refractivity contribution in [2.24, 2.45) is 0 Å². The van der Waals surface area contributed by atoms with Crippen LogP contribution in [0, 0.1) is 0 Å². The SMILES string of the molecule is O=C(Nc1ccccc1)C1CCC[NH2+]1.O=C([O-])C(F)(F)F. The van der Waals surface area contributed by atoms with E-state index >= 15 is 0 Å². The molecule has 3 N–H and O–H groups in total. The van der Waals surface area contributed by atoms with Crippen molar-refractivity contribution in [3.63, 3.8) is 0 Å². The topological polar surface area (TPSA) is 85.8 Å². The minimum absolute atomic E-state index is 0.121. The van der Waals surface area contributed by atoms with Gasteiger partial charge in [0.15, 0.2) is 6.04 Å². The molecule has 116 valence electrons. The van der Waals surface area contributed by atoms with Crippen molar-refractivity contribution in [1.29, 1.82) is 0 Å². The molecule has 0 aromatic heterocycles. The van der Waals surface area contributed by atoms with Gasteiger partial charge in [0, 0.05) is 18.5 Å². The number of carboxylic acids is 1. The highest BCUT2D eigenvalue weighted by Gasteiger charge is 2.28. The molecule has 0 aliphatic carbocycles. The van der Waals surface area contributed by atoms with E-state index in [9.17, 15) is 18.0 Å². The van der Waals surface area contributed by atoms with Gasteiger partial charge in [0.1, 0.15) is 5.97 Å². The summed E-state index contributed by atoms with van der Waals surface area (Å²) in [5.41, 5.74) is 0.887. The largest absolute Gasteiger partial charge is 0.542 e. The van der Waals surface area contributed by atoms with Crippen LogP contribution < -0.4 is 15.7 Å². The van der Waals surface area contributed by atoms with Crippen LogP contribution in [0.1, 0.15) is 12.8 Å². The van der Waals surface area contributed by atoms with Crippen LogP contribution in [0.25, 0.3) is 0 Å². The third kappa shape index (κ3) is 6.26. The number of para-hydroxylation sites is 1. The average Bonchev–Trinajstić information content (AvgIpc) is 2.93. The monoisotopic (exact) mass is 304 g/mol. The molecule has 1 saturated heterocycles. The molecular formula is C13H15F3N2O3. The van der Waals surface area contributed by atoms with Gasteiger partial charge in [-0.1, -0.05) is 18.2 Å². The van der Waals surface area contributed by atoms with E-state index in [1.54, 1.807) is 0 Å². The number of alkyl halides is 3. The molecule has 2 rings (SSSR count). The summed E-state index contributed by atoms with van der Waals surface area (Å²) in [6.45, 7) is 1.08. The Morgan fingerprint density at radius 1 is 1.24 bits per heavy atom. The first kappa shape index (κ1) is 17.0. The van der Waals surface area contributed by atoms with Gasteiger partial charge in [0.25, 0.3) is 5.91 Å². The molecule has 1 atom stereocenters. The van der Waals surface area contributed by atoms with E-state index in [0.717, 1.165) is 25.1 Å². The summed E-state index contributed by atoms with van der Waals surface area (Å²) >= 11 is 0. The Balaban J connectivity index is 0.000000270. The van der Waals surface area contributed by atoms with Gasteiger partial charge in [-0.25, -0.2) is 0 Å². The second kappa shape index (κ2) is 7.63. The van der Waals surface area contributed by atoms with Gasteiger partial charge in [-0.3, -0.25) is 4.79 Å². The number of benzene rings is 1. The molecule has 0 bridgehead atoms. The minimum Gasteiger partial charge on any atom is -0.542 e. The van der Waals surface area contributed by atoms with Gasteiger partial charge in [0.05, 0.1) is 6.54 Å². The number of carbonyl (C=O) groups is 2. The van der Waals surface area contributed by atoms with Crippen molar-refractivity contribution < 1.29 is 33.2 Å². The van der Waals surface area contributed by atoms with E-state index in [1.165, 1.54) is 0 Å². The molecular weight excluding hydrogens is 289 g/mol. The number of rotatable bonds is 2. The van der Waals surface area contributed by atoms with E-state index in [2.05, 4.69) is 10.6 Å². The number of nitrogens with two attached hydrogens (primary N) is 1. The average molecular weight is 304 g/mol. The number of quaternary nitrogens is 1. The quantitative estimate of drug-likeness (QED) is 0.783. The first-order valence-electron chi connectivity index (χ1n) is 6.28. The molecule has 0 spiro atoms. The van der Waals surface area contributed by atoms with Gasteiger partial charge >= 0.3 is 6.18 Å². The maximum Gasteiger partial charge on any atom is 0.430 e. The fraction of sp³-hybridized carbons (Fsp3) is 0.385. The zero-order chi connectivity index (χ0) is 15.9. The number of carbonyl (C=O) groups excluding carboxylic acids is 2. The summed E-state index contributed by atoms with van der Waals surface area (Å²) in [4.78, 5) is 20.5. The zero-order valence-corrected chi connectivity index (χ0v) is 11.0. The van der Waals surface area contributed by atoms with E-state index < -0.39 is 12.1 Å². The molecule has 1 fully saturated rings. The van der Waals surface area contributed by atoms with E-state index in [4.69, 9.17) is 9.90 Å². The number of anilines is 1. The third-order valence-corrected chi connectivity index (χ3v) is 2.78. The highest BCUT2D eigenvalue weighted by atomic mass is 19.4. The molecule has 1 unspecified atom stereocenters. The summed E-state index contributed by atoms with van der Waals surface area (Å²) in [5.74, 6) is -2.87. The second-order valence-corrected chi connectivity index (χ2v) is 4.41. The lowest BCUT2D eigenvalue weighted by Gasteiger charge is -2.07. The fourth-order valence-electron chi connectivity index (χ4n) is 1.77. The molecule has 1 aliphatic heterocycles. The van der Waals surface area contributed by atoms with Gasteiger partial charge < -0.3 is 20.5 Å². The highest BCUT2D eigenvalue weighted by Crippen LogP contribution is 2.11. The molecule has 5 nitrogen and oxygen atoms in total. The lowest BCUT2D eigenvalue weighted by molar-refractivity contribution is -0.656.